The number of fused-ring (bicyclic) bond motifs is 1. The fraction of sp³-hybridized carbons (Fsp3) is 0.333. The first-order chi connectivity index (χ1) is 11.5. The van der Waals surface area contributed by atoms with E-state index in [9.17, 15) is 12.8 Å². The van der Waals surface area contributed by atoms with E-state index in [4.69, 9.17) is 0 Å². The molecule has 0 amide bonds. The fourth-order valence-electron chi connectivity index (χ4n) is 2.95. The lowest BCUT2D eigenvalue weighted by atomic mass is 9.99. The highest BCUT2D eigenvalue weighted by Crippen LogP contribution is 2.20. The van der Waals surface area contributed by atoms with Crippen LogP contribution in [0.4, 0.5) is 4.39 Å². The van der Waals surface area contributed by atoms with Gasteiger partial charge >= 0.3 is 0 Å². The summed E-state index contributed by atoms with van der Waals surface area (Å²) in [6.45, 7) is 4.08. The molecule has 0 saturated heterocycles. The maximum atomic E-state index is 12.9. The van der Waals surface area contributed by atoms with Gasteiger partial charge in [-0.3, -0.25) is 4.90 Å². The summed E-state index contributed by atoms with van der Waals surface area (Å²) in [5.74, 6) is -0.450. The number of hydrogen-bond donors (Lipinski definition) is 1. The summed E-state index contributed by atoms with van der Waals surface area (Å²) >= 11 is 0. The zero-order valence-corrected chi connectivity index (χ0v) is 14.4. The summed E-state index contributed by atoms with van der Waals surface area (Å²) in [4.78, 5) is 2.36. The summed E-state index contributed by atoms with van der Waals surface area (Å²) in [7, 11) is -3.61. The summed E-state index contributed by atoms with van der Waals surface area (Å²) < 4.78 is 40.1. The molecule has 0 radical (unpaired) electrons. The van der Waals surface area contributed by atoms with Crippen LogP contribution in [0.3, 0.4) is 0 Å². The predicted octanol–water partition coefficient (Wildman–Crippen LogP) is 2.55. The molecule has 1 N–H and O–H groups in total. The zero-order chi connectivity index (χ0) is 17.2. The second kappa shape index (κ2) is 7.01. The highest BCUT2D eigenvalue weighted by atomic mass is 32.2. The van der Waals surface area contributed by atoms with Crippen LogP contribution in [0.1, 0.15) is 18.1 Å². The molecule has 1 unspecified atom stereocenters. The molecule has 0 saturated carbocycles. The second-order valence-electron chi connectivity index (χ2n) is 6.14. The normalized spacial score (nSPS) is 16.6. The molecule has 0 bridgehead atoms. The first-order valence-electron chi connectivity index (χ1n) is 8.02. The molecule has 1 aliphatic rings. The molecule has 0 spiro atoms. The molecule has 3 rings (SSSR count). The standard InChI is InChI=1S/C18H21FN2O2S/c1-14(21-11-10-15-4-2-3-5-16(15)13-21)12-20-24(22,23)18-8-6-17(19)7-9-18/h2-9,14,20H,10-13H2,1H3. The van der Waals surface area contributed by atoms with Gasteiger partial charge in [-0.05, 0) is 48.7 Å². The minimum atomic E-state index is -3.61. The van der Waals surface area contributed by atoms with E-state index in [-0.39, 0.29) is 10.9 Å². The van der Waals surface area contributed by atoms with Gasteiger partial charge < -0.3 is 0 Å². The number of nitrogens with one attached hydrogen (secondary N) is 1. The third-order valence-electron chi connectivity index (χ3n) is 4.48. The van der Waals surface area contributed by atoms with Crippen LogP contribution in [0.2, 0.25) is 0 Å². The lowest BCUT2D eigenvalue weighted by molar-refractivity contribution is 0.192. The van der Waals surface area contributed by atoms with E-state index >= 15 is 0 Å². The number of hydrogen-bond acceptors (Lipinski definition) is 3. The van der Waals surface area contributed by atoms with Crippen LogP contribution >= 0.6 is 0 Å². The van der Waals surface area contributed by atoms with Crippen molar-refractivity contribution in [1.82, 2.24) is 9.62 Å². The highest BCUT2D eigenvalue weighted by Gasteiger charge is 2.22. The Balaban J connectivity index is 1.61. The number of rotatable bonds is 5. The Morgan fingerprint density at radius 2 is 1.79 bits per heavy atom. The van der Waals surface area contributed by atoms with Crippen molar-refractivity contribution in [3.8, 4) is 0 Å². The Morgan fingerprint density at radius 1 is 1.12 bits per heavy atom. The Kier molecular flexibility index (Phi) is 4.99. The van der Waals surface area contributed by atoms with Crippen LogP contribution in [-0.2, 0) is 23.0 Å². The van der Waals surface area contributed by atoms with E-state index in [2.05, 4.69) is 27.8 Å². The van der Waals surface area contributed by atoms with Gasteiger partial charge in [0.05, 0.1) is 4.90 Å². The van der Waals surface area contributed by atoms with Crippen LogP contribution in [-0.4, -0.2) is 32.4 Å². The van der Waals surface area contributed by atoms with Gasteiger partial charge in [0.25, 0.3) is 0 Å². The first-order valence-corrected chi connectivity index (χ1v) is 9.50. The van der Waals surface area contributed by atoms with E-state index in [0.717, 1.165) is 31.6 Å². The number of benzene rings is 2. The minimum Gasteiger partial charge on any atom is -0.295 e. The molecular weight excluding hydrogens is 327 g/mol. The quantitative estimate of drug-likeness (QED) is 0.903. The lowest BCUT2D eigenvalue weighted by Gasteiger charge is -2.33. The van der Waals surface area contributed by atoms with Crippen molar-refractivity contribution in [3.63, 3.8) is 0 Å². The van der Waals surface area contributed by atoms with E-state index in [1.54, 1.807) is 0 Å². The van der Waals surface area contributed by atoms with Crippen molar-refractivity contribution in [2.75, 3.05) is 13.1 Å². The van der Waals surface area contributed by atoms with Gasteiger partial charge in [-0.15, -0.1) is 0 Å². The molecule has 2 aromatic carbocycles. The zero-order valence-electron chi connectivity index (χ0n) is 13.6. The van der Waals surface area contributed by atoms with Crippen molar-refractivity contribution in [3.05, 3.63) is 65.5 Å². The van der Waals surface area contributed by atoms with Gasteiger partial charge in [0.2, 0.25) is 10.0 Å². The van der Waals surface area contributed by atoms with Crippen LogP contribution < -0.4 is 4.72 Å². The van der Waals surface area contributed by atoms with Crippen LogP contribution in [0.25, 0.3) is 0 Å². The molecule has 1 atom stereocenters. The van der Waals surface area contributed by atoms with Crippen LogP contribution in [0, 0.1) is 5.82 Å². The van der Waals surface area contributed by atoms with E-state index < -0.39 is 15.8 Å². The smallest absolute Gasteiger partial charge is 0.240 e. The number of sulfonamides is 1. The molecule has 24 heavy (non-hydrogen) atoms. The topological polar surface area (TPSA) is 49.4 Å². The SMILES string of the molecule is CC(CNS(=O)(=O)c1ccc(F)cc1)N1CCc2ccccc2C1. The molecule has 2 aromatic rings. The third-order valence-corrected chi connectivity index (χ3v) is 5.92. The summed E-state index contributed by atoms with van der Waals surface area (Å²) in [5, 5.41) is 0. The maximum absolute atomic E-state index is 12.9. The van der Waals surface area contributed by atoms with Crippen molar-refractivity contribution in [1.29, 1.82) is 0 Å². The Bertz CT molecular complexity index is 806. The van der Waals surface area contributed by atoms with Crippen molar-refractivity contribution in [2.45, 2.75) is 30.8 Å². The van der Waals surface area contributed by atoms with Gasteiger partial charge in [0.15, 0.2) is 0 Å². The number of halogens is 1. The Labute approximate surface area is 142 Å². The van der Waals surface area contributed by atoms with Gasteiger partial charge in [-0.2, -0.15) is 0 Å². The summed E-state index contributed by atoms with van der Waals surface area (Å²) in [6, 6.07) is 13.3. The Hall–Kier alpha value is -1.76. The van der Waals surface area contributed by atoms with Crippen LogP contribution in [0.15, 0.2) is 53.4 Å². The molecule has 0 fully saturated rings. The lowest BCUT2D eigenvalue weighted by Crippen LogP contribution is -2.44. The molecule has 1 heterocycles. The summed E-state index contributed by atoms with van der Waals surface area (Å²) in [5.41, 5.74) is 2.67. The highest BCUT2D eigenvalue weighted by molar-refractivity contribution is 7.89. The Morgan fingerprint density at radius 3 is 2.50 bits per heavy atom. The van der Waals surface area contributed by atoms with Gasteiger partial charge in [0.1, 0.15) is 5.82 Å². The van der Waals surface area contributed by atoms with Gasteiger partial charge in [0, 0.05) is 25.7 Å². The molecule has 6 heteroatoms. The molecule has 1 aliphatic heterocycles. The molecule has 4 nitrogen and oxygen atoms in total. The maximum Gasteiger partial charge on any atom is 0.240 e. The second-order valence-corrected chi connectivity index (χ2v) is 7.91. The van der Waals surface area contributed by atoms with E-state index in [1.165, 1.54) is 23.3 Å². The predicted molar refractivity (Wildman–Crippen MR) is 91.6 cm³/mol. The average Bonchev–Trinajstić information content (AvgIpc) is 2.59. The third kappa shape index (κ3) is 3.83. The monoisotopic (exact) mass is 348 g/mol. The van der Waals surface area contributed by atoms with Crippen LogP contribution in [0.5, 0.6) is 0 Å². The largest absolute Gasteiger partial charge is 0.295 e. The van der Waals surface area contributed by atoms with Crippen molar-refractivity contribution in [2.24, 2.45) is 0 Å². The van der Waals surface area contributed by atoms with Crippen molar-refractivity contribution >= 4 is 10.0 Å². The molecule has 0 aliphatic carbocycles. The van der Waals surface area contributed by atoms with E-state index in [0.29, 0.717) is 6.54 Å². The average molecular weight is 348 g/mol. The van der Waals surface area contributed by atoms with Gasteiger partial charge in [-0.25, -0.2) is 17.5 Å². The molecular formula is C18H21FN2O2S. The fourth-order valence-corrected chi connectivity index (χ4v) is 4.07. The van der Waals surface area contributed by atoms with E-state index in [1.807, 2.05) is 13.0 Å². The molecule has 0 aromatic heterocycles. The minimum absolute atomic E-state index is 0.0774. The van der Waals surface area contributed by atoms with Crippen molar-refractivity contribution < 1.29 is 12.8 Å². The number of nitrogens with zero attached hydrogens (tertiary/aromatic N) is 1. The van der Waals surface area contributed by atoms with Gasteiger partial charge in [-0.1, -0.05) is 24.3 Å². The summed E-state index contributed by atoms with van der Waals surface area (Å²) in [6.07, 6.45) is 0.977. The molecule has 128 valence electrons. The first kappa shape index (κ1) is 17.1.